The van der Waals surface area contributed by atoms with E-state index in [-0.39, 0.29) is 18.0 Å². The lowest BCUT2D eigenvalue weighted by Gasteiger charge is -2.47. The molecule has 4 nitrogen and oxygen atoms in total. The summed E-state index contributed by atoms with van der Waals surface area (Å²) in [5.41, 5.74) is -1.04. The number of carbonyl (C=O) groups is 1. The number of alkyl halides is 3. The Balaban J connectivity index is 2.68. The minimum atomic E-state index is -4.24. The van der Waals surface area contributed by atoms with E-state index in [1.54, 1.807) is 6.92 Å². The van der Waals surface area contributed by atoms with Crippen LogP contribution >= 0.6 is 0 Å². The standard InChI is InChI=1S/C14H25F3O4Si2/c1-5-12(18)20-10-22(3,4)11(2)21-23(8-6-13(23)19)9-7-14(15,16)17/h5,11,13,19H,1,6-10H2,2-4H3. The molecule has 0 aromatic heterocycles. The first-order valence-electron chi connectivity index (χ1n) is 7.64. The monoisotopic (exact) mass is 370 g/mol. The number of esters is 1. The summed E-state index contributed by atoms with van der Waals surface area (Å²) in [5, 5.41) is 10.0. The maximum atomic E-state index is 12.5. The summed E-state index contributed by atoms with van der Waals surface area (Å²) in [4.78, 5) is 11.2. The number of hydrogen-bond donors (Lipinski definition) is 1. The largest absolute Gasteiger partial charge is 0.466 e. The number of hydrogen-bond acceptors (Lipinski definition) is 4. The van der Waals surface area contributed by atoms with Crippen LogP contribution in [-0.4, -0.2) is 51.3 Å². The number of aliphatic hydroxyl groups excluding tert-OH is 1. The first-order chi connectivity index (χ1) is 10.4. The van der Waals surface area contributed by atoms with Gasteiger partial charge >= 0.3 is 12.1 Å². The van der Waals surface area contributed by atoms with Gasteiger partial charge in [0.05, 0.1) is 12.0 Å². The normalized spacial score (nSPS) is 26.3. The van der Waals surface area contributed by atoms with Crippen LogP contribution in [0.3, 0.4) is 0 Å². The molecule has 0 amide bonds. The van der Waals surface area contributed by atoms with Crippen LogP contribution in [0.25, 0.3) is 0 Å². The Kier molecular flexibility index (Phi) is 6.65. The van der Waals surface area contributed by atoms with Gasteiger partial charge in [0, 0.05) is 18.2 Å². The second-order valence-electron chi connectivity index (χ2n) is 6.79. The Morgan fingerprint density at radius 3 is 2.52 bits per heavy atom. The molecule has 0 bridgehead atoms. The van der Waals surface area contributed by atoms with Crippen molar-refractivity contribution in [1.82, 2.24) is 0 Å². The lowest BCUT2D eigenvalue weighted by molar-refractivity contribution is -0.136. The van der Waals surface area contributed by atoms with Gasteiger partial charge in [-0.3, -0.25) is 0 Å². The Morgan fingerprint density at radius 2 is 2.13 bits per heavy atom. The second-order valence-corrected chi connectivity index (χ2v) is 15.9. The Bertz CT molecular complexity index is 442. The van der Waals surface area contributed by atoms with Crippen LogP contribution in [0.4, 0.5) is 13.2 Å². The molecule has 9 heteroatoms. The molecule has 1 aliphatic rings. The molecule has 0 aromatic carbocycles. The molecule has 0 radical (unpaired) electrons. The van der Waals surface area contributed by atoms with Crippen LogP contribution in [0.2, 0.25) is 25.2 Å². The molecule has 23 heavy (non-hydrogen) atoms. The van der Waals surface area contributed by atoms with Crippen LogP contribution in [-0.2, 0) is 14.0 Å². The van der Waals surface area contributed by atoms with E-state index in [1.807, 2.05) is 13.1 Å². The van der Waals surface area contributed by atoms with E-state index in [0.29, 0.717) is 12.5 Å². The van der Waals surface area contributed by atoms with E-state index in [1.165, 1.54) is 0 Å². The third-order valence-corrected chi connectivity index (χ3v) is 12.5. The van der Waals surface area contributed by atoms with E-state index in [4.69, 9.17) is 9.16 Å². The maximum Gasteiger partial charge on any atom is 0.388 e. The fraction of sp³-hybridized carbons (Fsp3) is 0.786. The second kappa shape index (κ2) is 7.50. The van der Waals surface area contributed by atoms with Gasteiger partial charge < -0.3 is 14.3 Å². The van der Waals surface area contributed by atoms with Gasteiger partial charge in [0.25, 0.3) is 0 Å². The minimum Gasteiger partial charge on any atom is -0.466 e. The molecule has 1 heterocycles. The predicted octanol–water partition coefficient (Wildman–Crippen LogP) is 3.11. The van der Waals surface area contributed by atoms with Crippen molar-refractivity contribution in [2.45, 2.75) is 62.6 Å². The highest BCUT2D eigenvalue weighted by Crippen LogP contribution is 2.41. The summed E-state index contributed by atoms with van der Waals surface area (Å²) in [5.74, 6) is -0.523. The first-order valence-corrected chi connectivity index (χ1v) is 13.3. The zero-order valence-corrected chi connectivity index (χ0v) is 15.8. The molecule has 3 atom stereocenters. The Labute approximate surface area is 136 Å². The van der Waals surface area contributed by atoms with E-state index in [2.05, 4.69) is 6.58 Å². The van der Waals surface area contributed by atoms with Crippen LogP contribution in [0.5, 0.6) is 0 Å². The highest BCUT2D eigenvalue weighted by Gasteiger charge is 2.54. The van der Waals surface area contributed by atoms with Crippen molar-refractivity contribution < 1.29 is 32.2 Å². The van der Waals surface area contributed by atoms with Crippen molar-refractivity contribution in [2.24, 2.45) is 0 Å². The van der Waals surface area contributed by atoms with Crippen molar-refractivity contribution in [3.8, 4) is 0 Å². The molecule has 1 fully saturated rings. The van der Waals surface area contributed by atoms with Crippen molar-refractivity contribution in [3.05, 3.63) is 12.7 Å². The number of ether oxygens (including phenoxy) is 1. The maximum absolute atomic E-state index is 12.5. The smallest absolute Gasteiger partial charge is 0.388 e. The Hall–Kier alpha value is -0.646. The highest BCUT2D eigenvalue weighted by molar-refractivity contribution is 6.82. The average Bonchev–Trinajstić information content (AvgIpc) is 2.46. The molecule has 0 spiro atoms. The van der Waals surface area contributed by atoms with Gasteiger partial charge in [-0.2, -0.15) is 13.2 Å². The van der Waals surface area contributed by atoms with Crippen molar-refractivity contribution >= 4 is 22.4 Å². The van der Waals surface area contributed by atoms with Gasteiger partial charge in [0.2, 0.25) is 8.32 Å². The van der Waals surface area contributed by atoms with Gasteiger partial charge in [-0.15, -0.1) is 0 Å². The lowest BCUT2D eigenvalue weighted by Crippen LogP contribution is -2.63. The molecule has 1 rings (SSSR count). The molecule has 1 aliphatic heterocycles. The van der Waals surface area contributed by atoms with Gasteiger partial charge in [-0.05, 0) is 25.4 Å². The number of halogens is 3. The molecule has 0 saturated carbocycles. The summed E-state index contributed by atoms with van der Waals surface area (Å²) < 4.78 is 48.7. The molecule has 3 unspecified atom stereocenters. The van der Waals surface area contributed by atoms with Crippen LogP contribution < -0.4 is 0 Å². The van der Waals surface area contributed by atoms with Crippen LogP contribution in [0.1, 0.15) is 19.8 Å². The summed E-state index contributed by atoms with van der Waals surface area (Å²) in [6.07, 6.45) is -3.38. The SMILES string of the molecule is C=CC(=O)OC[Si](C)(C)C(C)O[Si]1(CCC(F)(F)F)CCC1O. The van der Waals surface area contributed by atoms with Crippen molar-refractivity contribution in [1.29, 1.82) is 0 Å². The minimum absolute atomic E-state index is 0.112. The summed E-state index contributed by atoms with van der Waals surface area (Å²) in [6, 6.07) is 0.435. The van der Waals surface area contributed by atoms with Gasteiger partial charge in [-0.25, -0.2) is 4.79 Å². The number of aliphatic hydroxyl groups is 1. The van der Waals surface area contributed by atoms with E-state index < -0.39 is 40.7 Å². The van der Waals surface area contributed by atoms with Crippen LogP contribution in [0, 0.1) is 0 Å². The van der Waals surface area contributed by atoms with E-state index >= 15 is 0 Å². The number of carbonyl (C=O) groups excluding carboxylic acids is 1. The summed E-state index contributed by atoms with van der Waals surface area (Å²) in [6.45, 7) is 9.03. The molecular formula is C14H25F3O4Si2. The Morgan fingerprint density at radius 1 is 1.52 bits per heavy atom. The van der Waals surface area contributed by atoms with Gasteiger partial charge in [0.1, 0.15) is 8.07 Å². The molecule has 0 aromatic rings. The zero-order chi connectivity index (χ0) is 17.9. The topological polar surface area (TPSA) is 55.8 Å². The summed E-state index contributed by atoms with van der Waals surface area (Å²) >= 11 is 0. The van der Waals surface area contributed by atoms with E-state index in [9.17, 15) is 23.1 Å². The number of rotatable bonds is 8. The summed E-state index contributed by atoms with van der Waals surface area (Å²) in [7, 11) is -4.94. The molecule has 0 aliphatic carbocycles. The fourth-order valence-electron chi connectivity index (χ4n) is 2.38. The van der Waals surface area contributed by atoms with Gasteiger partial charge in [0.15, 0.2) is 0 Å². The molecule has 1 N–H and O–H groups in total. The third kappa shape index (κ3) is 5.73. The van der Waals surface area contributed by atoms with E-state index in [0.717, 1.165) is 6.08 Å². The predicted molar refractivity (Wildman–Crippen MR) is 85.8 cm³/mol. The van der Waals surface area contributed by atoms with Crippen LogP contribution in [0.15, 0.2) is 12.7 Å². The first kappa shape index (κ1) is 20.4. The van der Waals surface area contributed by atoms with Crippen molar-refractivity contribution in [3.63, 3.8) is 0 Å². The van der Waals surface area contributed by atoms with Crippen molar-refractivity contribution in [2.75, 3.05) is 6.23 Å². The third-order valence-electron chi connectivity index (χ3n) is 4.54. The lowest BCUT2D eigenvalue weighted by atomic mass is 10.5. The fourth-order valence-corrected chi connectivity index (χ4v) is 8.69. The zero-order valence-electron chi connectivity index (χ0n) is 13.8. The average molecular weight is 371 g/mol. The van der Waals surface area contributed by atoms with Gasteiger partial charge in [-0.1, -0.05) is 19.7 Å². The molecular weight excluding hydrogens is 345 g/mol. The molecule has 1 saturated heterocycles. The highest BCUT2D eigenvalue weighted by atomic mass is 28.4. The quantitative estimate of drug-likeness (QED) is 0.405. The molecule has 134 valence electrons.